The topological polar surface area (TPSA) is 65.9 Å². The number of phenolic OH excluding ortho intramolecular Hbond substituents is 1. The number of Topliss-reactive ketones (excluding diaryl/α,β-unsaturated/α-hetero) is 1. The van der Waals surface area contributed by atoms with Crippen LogP contribution in [0, 0.1) is 6.92 Å². The molecule has 0 aliphatic carbocycles. The number of rotatable bonds is 4. The van der Waals surface area contributed by atoms with E-state index in [0.717, 1.165) is 43.9 Å². The number of benzene rings is 1. The summed E-state index contributed by atoms with van der Waals surface area (Å²) in [6.45, 7) is 9.51. The summed E-state index contributed by atoms with van der Waals surface area (Å²) in [5.74, 6) is 0.808. The predicted molar refractivity (Wildman–Crippen MR) is 107 cm³/mol. The second-order valence-corrected chi connectivity index (χ2v) is 7.33. The quantitative estimate of drug-likeness (QED) is 0.824. The van der Waals surface area contributed by atoms with Gasteiger partial charge in [-0.05, 0) is 42.8 Å². The zero-order valence-electron chi connectivity index (χ0n) is 16.3. The Kier molecular flexibility index (Phi) is 5.15. The number of pyridine rings is 1. The first-order valence-electron chi connectivity index (χ1n) is 9.71. The summed E-state index contributed by atoms with van der Waals surface area (Å²) >= 11 is 0. The minimum Gasteiger partial charge on any atom is -0.507 e. The molecule has 2 aliphatic rings. The molecule has 2 aliphatic heterocycles. The Morgan fingerprint density at radius 3 is 2.68 bits per heavy atom. The molecule has 0 unspecified atom stereocenters. The summed E-state index contributed by atoms with van der Waals surface area (Å²) < 4.78 is 5.99. The van der Waals surface area contributed by atoms with E-state index >= 15 is 0 Å². The lowest BCUT2D eigenvalue weighted by molar-refractivity contribution is 0.101. The lowest BCUT2D eigenvalue weighted by Gasteiger charge is -2.34. The van der Waals surface area contributed by atoms with Gasteiger partial charge in [0.1, 0.15) is 11.5 Å². The van der Waals surface area contributed by atoms with Gasteiger partial charge >= 0.3 is 0 Å². The highest BCUT2D eigenvalue weighted by Crippen LogP contribution is 2.42. The average Bonchev–Trinajstić information content (AvgIpc) is 3.03. The number of fused-ring (bicyclic) bond motifs is 1. The molecule has 6 nitrogen and oxygen atoms in total. The van der Waals surface area contributed by atoms with Crippen molar-refractivity contribution in [2.75, 3.05) is 32.7 Å². The monoisotopic (exact) mass is 379 g/mol. The van der Waals surface area contributed by atoms with Crippen molar-refractivity contribution in [1.29, 1.82) is 0 Å². The van der Waals surface area contributed by atoms with Crippen molar-refractivity contribution >= 4 is 11.9 Å². The number of likely N-dealkylation sites (N-methyl/N-ethyl adjacent to an activating group) is 1. The SMILES string of the molecule is CCN1CCN(Cc2c(O)cc(C)c3c2O/C(=C\c2cccnc2)C3=O)CC1. The first kappa shape index (κ1) is 18.7. The molecule has 0 bridgehead atoms. The molecule has 0 amide bonds. The van der Waals surface area contributed by atoms with Gasteiger partial charge in [-0.2, -0.15) is 0 Å². The molecule has 146 valence electrons. The number of aromatic nitrogens is 1. The molecule has 28 heavy (non-hydrogen) atoms. The molecule has 1 saturated heterocycles. The first-order chi connectivity index (χ1) is 13.6. The highest BCUT2D eigenvalue weighted by atomic mass is 16.5. The minimum absolute atomic E-state index is 0.145. The molecule has 4 rings (SSSR count). The Labute approximate surface area is 165 Å². The van der Waals surface area contributed by atoms with Crippen LogP contribution in [0.25, 0.3) is 6.08 Å². The second kappa shape index (κ2) is 7.73. The summed E-state index contributed by atoms with van der Waals surface area (Å²) in [7, 11) is 0. The number of carbonyl (C=O) groups is 1. The minimum atomic E-state index is -0.145. The lowest BCUT2D eigenvalue weighted by atomic mass is 9.99. The number of ketones is 1. The number of nitrogens with zero attached hydrogens (tertiary/aromatic N) is 3. The van der Waals surface area contributed by atoms with E-state index in [9.17, 15) is 9.90 Å². The number of hydrogen-bond acceptors (Lipinski definition) is 6. The zero-order valence-corrected chi connectivity index (χ0v) is 16.3. The molecule has 1 N–H and O–H groups in total. The highest BCUT2D eigenvalue weighted by molar-refractivity contribution is 6.15. The van der Waals surface area contributed by atoms with Crippen molar-refractivity contribution < 1.29 is 14.6 Å². The smallest absolute Gasteiger partial charge is 0.232 e. The third-order valence-electron chi connectivity index (χ3n) is 5.50. The number of aryl methyl sites for hydroxylation is 1. The fourth-order valence-electron chi connectivity index (χ4n) is 3.83. The highest BCUT2D eigenvalue weighted by Gasteiger charge is 2.34. The van der Waals surface area contributed by atoms with Crippen molar-refractivity contribution in [3.8, 4) is 11.5 Å². The first-order valence-corrected chi connectivity index (χ1v) is 9.71. The van der Waals surface area contributed by atoms with Gasteiger partial charge in [-0.25, -0.2) is 0 Å². The van der Waals surface area contributed by atoms with Gasteiger partial charge in [0, 0.05) is 45.1 Å². The average molecular weight is 379 g/mol. The van der Waals surface area contributed by atoms with Crippen LogP contribution >= 0.6 is 0 Å². The van der Waals surface area contributed by atoms with Crippen molar-refractivity contribution in [2.24, 2.45) is 0 Å². The Bertz CT molecular complexity index is 916. The largest absolute Gasteiger partial charge is 0.507 e. The van der Waals surface area contributed by atoms with Crippen molar-refractivity contribution in [3.63, 3.8) is 0 Å². The van der Waals surface area contributed by atoms with E-state index in [1.54, 1.807) is 24.5 Å². The van der Waals surface area contributed by atoms with Crippen LogP contribution in [-0.4, -0.2) is 58.4 Å². The van der Waals surface area contributed by atoms with Crippen LogP contribution in [0.2, 0.25) is 0 Å². The van der Waals surface area contributed by atoms with Crippen LogP contribution < -0.4 is 4.74 Å². The van der Waals surface area contributed by atoms with E-state index in [1.807, 2.05) is 19.1 Å². The van der Waals surface area contributed by atoms with Gasteiger partial charge < -0.3 is 14.7 Å². The Morgan fingerprint density at radius 2 is 2.00 bits per heavy atom. The third kappa shape index (κ3) is 3.53. The van der Waals surface area contributed by atoms with Gasteiger partial charge in [0.2, 0.25) is 5.78 Å². The summed E-state index contributed by atoms with van der Waals surface area (Å²) in [4.78, 5) is 21.7. The van der Waals surface area contributed by atoms with Gasteiger partial charge in [-0.3, -0.25) is 14.7 Å². The number of ether oxygens (including phenoxy) is 1. The maximum atomic E-state index is 12.9. The van der Waals surface area contributed by atoms with Crippen molar-refractivity contribution in [1.82, 2.24) is 14.8 Å². The number of hydrogen-bond donors (Lipinski definition) is 1. The van der Waals surface area contributed by atoms with E-state index in [0.29, 0.717) is 23.4 Å². The molecule has 0 saturated carbocycles. The standard InChI is InChI=1S/C22H25N3O3/c1-3-24-7-9-25(10-8-24)14-17-18(26)11-15(2)20-21(27)19(28-22(17)20)12-16-5-4-6-23-13-16/h4-6,11-13,26H,3,7-10,14H2,1-2H3/b19-12-. The van der Waals surface area contributed by atoms with E-state index < -0.39 is 0 Å². The zero-order chi connectivity index (χ0) is 19.7. The van der Waals surface area contributed by atoms with Crippen LogP contribution in [0.1, 0.15) is 34.0 Å². The Balaban J connectivity index is 1.63. The fourth-order valence-corrected chi connectivity index (χ4v) is 3.83. The summed E-state index contributed by atoms with van der Waals surface area (Å²) in [5.41, 5.74) is 2.77. The van der Waals surface area contributed by atoms with Crippen LogP contribution in [0.15, 0.2) is 36.4 Å². The lowest BCUT2D eigenvalue weighted by Crippen LogP contribution is -2.45. The molecule has 1 aromatic carbocycles. The van der Waals surface area contributed by atoms with Crippen LogP contribution in [0.4, 0.5) is 0 Å². The van der Waals surface area contributed by atoms with Gasteiger partial charge in [-0.15, -0.1) is 0 Å². The van der Waals surface area contributed by atoms with E-state index in [4.69, 9.17) is 4.74 Å². The molecule has 2 aromatic rings. The number of phenols is 1. The number of aromatic hydroxyl groups is 1. The maximum absolute atomic E-state index is 12.9. The number of allylic oxidation sites excluding steroid dienone is 1. The van der Waals surface area contributed by atoms with Crippen LogP contribution in [-0.2, 0) is 6.54 Å². The Hall–Kier alpha value is -2.70. The fraction of sp³-hybridized carbons (Fsp3) is 0.364. The summed E-state index contributed by atoms with van der Waals surface area (Å²) in [5, 5.41) is 10.6. The van der Waals surface area contributed by atoms with Crippen molar-refractivity contribution in [3.05, 3.63) is 58.6 Å². The second-order valence-electron chi connectivity index (χ2n) is 7.33. The third-order valence-corrected chi connectivity index (χ3v) is 5.50. The normalized spacial score (nSPS) is 19.1. The molecule has 0 spiro atoms. The molecule has 1 aromatic heterocycles. The Morgan fingerprint density at radius 1 is 1.25 bits per heavy atom. The summed E-state index contributed by atoms with van der Waals surface area (Å²) in [6.07, 6.45) is 5.08. The van der Waals surface area contributed by atoms with Crippen LogP contribution in [0.3, 0.4) is 0 Å². The van der Waals surface area contributed by atoms with Gasteiger partial charge in [0.15, 0.2) is 5.76 Å². The predicted octanol–water partition coefficient (Wildman–Crippen LogP) is 2.85. The molecule has 6 heteroatoms. The van der Waals surface area contributed by atoms with Gasteiger partial charge in [0.25, 0.3) is 0 Å². The van der Waals surface area contributed by atoms with Crippen molar-refractivity contribution in [2.45, 2.75) is 20.4 Å². The van der Waals surface area contributed by atoms with E-state index in [-0.39, 0.29) is 17.3 Å². The molecule has 3 heterocycles. The number of carbonyl (C=O) groups excluding carboxylic acids is 1. The van der Waals surface area contributed by atoms with Crippen LogP contribution in [0.5, 0.6) is 11.5 Å². The van der Waals surface area contributed by atoms with Gasteiger partial charge in [-0.1, -0.05) is 13.0 Å². The maximum Gasteiger partial charge on any atom is 0.232 e. The molecule has 0 atom stereocenters. The van der Waals surface area contributed by atoms with Gasteiger partial charge in [0.05, 0.1) is 11.1 Å². The molecular formula is C22H25N3O3. The van der Waals surface area contributed by atoms with E-state index in [1.165, 1.54) is 0 Å². The van der Waals surface area contributed by atoms with E-state index in [2.05, 4.69) is 21.7 Å². The molecule has 0 radical (unpaired) electrons. The summed E-state index contributed by atoms with van der Waals surface area (Å²) in [6, 6.07) is 5.36. The molecular weight excluding hydrogens is 354 g/mol. The number of piperazine rings is 1. The molecule has 1 fully saturated rings.